The number of aromatic nitrogens is 3. The molecule has 150 valence electrons. The number of hydrazone groups is 1. The van der Waals surface area contributed by atoms with E-state index in [-0.39, 0.29) is 11.7 Å². The van der Waals surface area contributed by atoms with E-state index in [2.05, 4.69) is 31.0 Å². The predicted molar refractivity (Wildman–Crippen MR) is 116 cm³/mol. The van der Waals surface area contributed by atoms with Crippen LogP contribution in [0.15, 0.2) is 52.7 Å². The molecule has 29 heavy (non-hydrogen) atoms. The van der Waals surface area contributed by atoms with Crippen LogP contribution in [0.25, 0.3) is 0 Å². The number of carbonyl (C=O) groups is 1. The number of H-pyrrole nitrogens is 1. The van der Waals surface area contributed by atoms with Crippen LogP contribution in [-0.4, -0.2) is 40.2 Å². The highest BCUT2D eigenvalue weighted by molar-refractivity contribution is 7.99. The van der Waals surface area contributed by atoms with Gasteiger partial charge < -0.3 is 10.1 Å². The summed E-state index contributed by atoms with van der Waals surface area (Å²) in [5.41, 5.74) is 4.07. The average Bonchev–Trinajstić information content (AvgIpc) is 3.14. The summed E-state index contributed by atoms with van der Waals surface area (Å²) in [6.45, 7) is 0. The Bertz CT molecular complexity index is 1030. The molecule has 0 saturated heterocycles. The molecule has 0 fully saturated rings. The maximum Gasteiger partial charge on any atom is 0.240 e. The van der Waals surface area contributed by atoms with Gasteiger partial charge in [0.25, 0.3) is 0 Å². The van der Waals surface area contributed by atoms with Crippen LogP contribution in [0.4, 0.5) is 11.6 Å². The number of benzene rings is 2. The number of thioether (sulfide) groups is 1. The number of methoxy groups -OCH3 is 1. The third-order valence-corrected chi connectivity index (χ3v) is 4.78. The van der Waals surface area contributed by atoms with E-state index in [0.29, 0.717) is 32.6 Å². The summed E-state index contributed by atoms with van der Waals surface area (Å²) >= 11 is 13.1. The highest BCUT2D eigenvalue weighted by Crippen LogP contribution is 2.28. The minimum atomic E-state index is -0.242. The third-order valence-electron chi connectivity index (χ3n) is 3.47. The van der Waals surface area contributed by atoms with Crippen molar-refractivity contribution in [1.82, 2.24) is 15.2 Å². The van der Waals surface area contributed by atoms with Crippen molar-refractivity contribution in [2.24, 2.45) is 5.10 Å². The van der Waals surface area contributed by atoms with E-state index in [1.54, 1.807) is 36.5 Å². The zero-order chi connectivity index (χ0) is 20.6. The lowest BCUT2D eigenvalue weighted by atomic mass is 10.2. The van der Waals surface area contributed by atoms with Crippen molar-refractivity contribution in [3.05, 3.63) is 58.1 Å². The number of ether oxygens (including phenoxy) is 1. The van der Waals surface area contributed by atoms with E-state index in [0.717, 1.165) is 5.56 Å². The van der Waals surface area contributed by atoms with Crippen molar-refractivity contribution >= 4 is 58.7 Å². The van der Waals surface area contributed by atoms with Crippen molar-refractivity contribution in [3.8, 4) is 5.75 Å². The van der Waals surface area contributed by atoms with Gasteiger partial charge in [-0.1, -0.05) is 47.1 Å². The fourth-order valence-corrected chi connectivity index (χ4v) is 3.18. The van der Waals surface area contributed by atoms with E-state index in [9.17, 15) is 4.79 Å². The van der Waals surface area contributed by atoms with Gasteiger partial charge in [-0.25, -0.2) is 10.5 Å². The van der Waals surface area contributed by atoms with Gasteiger partial charge >= 0.3 is 0 Å². The second-order valence-corrected chi connectivity index (χ2v) is 7.39. The number of hydrogen-bond acceptors (Lipinski definition) is 7. The lowest BCUT2D eigenvalue weighted by Crippen LogP contribution is -2.14. The minimum absolute atomic E-state index is 0.110. The summed E-state index contributed by atoms with van der Waals surface area (Å²) in [5, 5.41) is 15.1. The Hall–Kier alpha value is -2.75. The molecule has 0 aliphatic rings. The van der Waals surface area contributed by atoms with E-state index in [1.807, 2.05) is 12.1 Å². The molecule has 0 atom stereocenters. The molecule has 11 heteroatoms. The summed E-state index contributed by atoms with van der Waals surface area (Å²) in [7, 11) is 1.52. The molecule has 3 aromatic rings. The number of aromatic amines is 1. The minimum Gasteiger partial charge on any atom is -0.495 e. The van der Waals surface area contributed by atoms with Gasteiger partial charge in [-0.15, -0.1) is 5.10 Å². The molecule has 0 spiro atoms. The molecule has 0 unspecified atom stereocenters. The van der Waals surface area contributed by atoms with Crippen LogP contribution in [0.1, 0.15) is 5.56 Å². The highest BCUT2D eigenvalue weighted by Gasteiger charge is 2.11. The fraction of sp³-hybridized carbons (Fsp3) is 0.111. The molecule has 0 saturated carbocycles. The van der Waals surface area contributed by atoms with Crippen LogP contribution in [0.2, 0.25) is 10.0 Å². The van der Waals surface area contributed by atoms with Gasteiger partial charge in [-0.3, -0.25) is 4.79 Å². The van der Waals surface area contributed by atoms with Gasteiger partial charge in [-0.05, 0) is 35.9 Å². The van der Waals surface area contributed by atoms with Crippen LogP contribution in [-0.2, 0) is 4.79 Å². The summed E-state index contributed by atoms with van der Waals surface area (Å²) in [4.78, 5) is 16.4. The van der Waals surface area contributed by atoms with Crippen LogP contribution in [0, 0.1) is 0 Å². The Morgan fingerprint density at radius 2 is 2.10 bits per heavy atom. The van der Waals surface area contributed by atoms with E-state index < -0.39 is 0 Å². The Kier molecular flexibility index (Phi) is 7.34. The Morgan fingerprint density at radius 3 is 2.90 bits per heavy atom. The first-order valence-corrected chi connectivity index (χ1v) is 10.0. The molecule has 3 N–H and O–H groups in total. The van der Waals surface area contributed by atoms with Crippen LogP contribution < -0.4 is 15.5 Å². The number of anilines is 2. The van der Waals surface area contributed by atoms with Crippen molar-refractivity contribution in [1.29, 1.82) is 0 Å². The topological polar surface area (TPSA) is 104 Å². The van der Waals surface area contributed by atoms with E-state index >= 15 is 0 Å². The van der Waals surface area contributed by atoms with Gasteiger partial charge in [0.15, 0.2) is 0 Å². The van der Waals surface area contributed by atoms with Crippen LogP contribution in [0.5, 0.6) is 5.75 Å². The third kappa shape index (κ3) is 6.38. The molecule has 1 amide bonds. The highest BCUT2D eigenvalue weighted by atomic mass is 35.5. The maximum atomic E-state index is 12.2. The Balaban J connectivity index is 1.50. The van der Waals surface area contributed by atoms with Crippen molar-refractivity contribution in [2.45, 2.75) is 5.16 Å². The molecule has 0 aliphatic heterocycles. The zero-order valence-electron chi connectivity index (χ0n) is 15.1. The lowest BCUT2D eigenvalue weighted by molar-refractivity contribution is -0.113. The number of nitrogens with one attached hydrogen (secondary N) is 3. The Morgan fingerprint density at radius 1 is 1.28 bits per heavy atom. The average molecular weight is 451 g/mol. The zero-order valence-corrected chi connectivity index (χ0v) is 17.5. The molecule has 8 nitrogen and oxygen atoms in total. The monoisotopic (exact) mass is 450 g/mol. The number of nitrogens with zero attached hydrogens (tertiary/aromatic N) is 3. The molecule has 0 bridgehead atoms. The number of carbonyl (C=O) groups excluding carboxylic acids is 1. The smallest absolute Gasteiger partial charge is 0.240 e. The van der Waals surface area contributed by atoms with Gasteiger partial charge in [0.2, 0.25) is 17.0 Å². The largest absolute Gasteiger partial charge is 0.495 e. The number of hydrogen-bond donors (Lipinski definition) is 3. The predicted octanol–water partition coefficient (Wildman–Crippen LogP) is 4.30. The second-order valence-electron chi connectivity index (χ2n) is 5.57. The summed E-state index contributed by atoms with van der Waals surface area (Å²) in [6.07, 6.45) is 1.60. The molecule has 0 aliphatic carbocycles. The second kappa shape index (κ2) is 10.1. The molecular formula is C18H16Cl2N6O2S. The quantitative estimate of drug-likeness (QED) is 0.268. The van der Waals surface area contributed by atoms with Crippen LogP contribution >= 0.6 is 35.0 Å². The van der Waals surface area contributed by atoms with Gasteiger partial charge in [0.05, 0.1) is 24.8 Å². The van der Waals surface area contributed by atoms with Gasteiger partial charge in [0, 0.05) is 10.0 Å². The Labute approximate surface area is 181 Å². The van der Waals surface area contributed by atoms with Crippen molar-refractivity contribution in [3.63, 3.8) is 0 Å². The molecular weight excluding hydrogens is 435 g/mol. The first kappa shape index (κ1) is 21.0. The molecule has 0 radical (unpaired) electrons. The van der Waals surface area contributed by atoms with Crippen molar-refractivity contribution < 1.29 is 9.53 Å². The van der Waals surface area contributed by atoms with Gasteiger partial charge in [-0.2, -0.15) is 10.1 Å². The molecule has 2 aromatic carbocycles. The maximum absolute atomic E-state index is 12.2. The normalized spacial score (nSPS) is 10.9. The van der Waals surface area contributed by atoms with Crippen LogP contribution in [0.3, 0.4) is 0 Å². The lowest BCUT2D eigenvalue weighted by Gasteiger charge is -2.09. The molecule has 1 aromatic heterocycles. The van der Waals surface area contributed by atoms with Gasteiger partial charge in [0.1, 0.15) is 5.75 Å². The number of rotatable bonds is 8. The first-order valence-electron chi connectivity index (χ1n) is 8.27. The van der Waals surface area contributed by atoms with E-state index in [1.165, 1.54) is 18.9 Å². The standard InChI is InChI=1S/C18H16Cl2N6O2S/c1-28-15-6-5-13(20)8-14(15)22-16(27)10-29-18-23-17(25-26-18)24-21-9-11-3-2-4-12(19)7-11/h2-9H,10H2,1H3,(H,22,27)(H2,23,24,25,26)/b21-9+. The SMILES string of the molecule is COc1ccc(Cl)cc1NC(=O)CSc1n[nH]c(N/N=C/c2cccc(Cl)c2)n1. The van der Waals surface area contributed by atoms with E-state index in [4.69, 9.17) is 27.9 Å². The summed E-state index contributed by atoms with van der Waals surface area (Å²) in [6, 6.07) is 12.2. The van der Waals surface area contributed by atoms with Crippen molar-refractivity contribution in [2.75, 3.05) is 23.6 Å². The number of halogens is 2. The fourth-order valence-electron chi connectivity index (χ4n) is 2.21. The first-order chi connectivity index (χ1) is 14.0. The molecule has 1 heterocycles. The molecule has 3 rings (SSSR count). The summed E-state index contributed by atoms with van der Waals surface area (Å²) < 4.78 is 5.20. The summed E-state index contributed by atoms with van der Waals surface area (Å²) in [5.74, 6) is 0.741. The number of amides is 1.